The number of carbonyl (C=O) groups excluding carboxylic acids is 1. The Morgan fingerprint density at radius 2 is 2.14 bits per heavy atom. The van der Waals surface area contributed by atoms with Crippen LogP contribution in [0.3, 0.4) is 0 Å². The molecular formula is C15H21N5O. The van der Waals surface area contributed by atoms with Crippen molar-refractivity contribution < 1.29 is 4.79 Å². The van der Waals surface area contributed by atoms with E-state index in [9.17, 15) is 4.79 Å². The van der Waals surface area contributed by atoms with Gasteiger partial charge >= 0.3 is 0 Å². The lowest BCUT2D eigenvalue weighted by molar-refractivity contribution is 0.101. The molecule has 0 unspecified atom stereocenters. The third-order valence-electron chi connectivity index (χ3n) is 3.15. The fourth-order valence-electron chi connectivity index (χ4n) is 2.12. The zero-order chi connectivity index (χ0) is 15.4. The average Bonchev–Trinajstić information content (AvgIpc) is 2.82. The van der Waals surface area contributed by atoms with Crippen molar-refractivity contribution in [3.63, 3.8) is 0 Å². The molecule has 6 nitrogen and oxygen atoms in total. The van der Waals surface area contributed by atoms with Crippen LogP contribution in [0.1, 0.15) is 42.5 Å². The van der Waals surface area contributed by atoms with Gasteiger partial charge in [0, 0.05) is 18.9 Å². The zero-order valence-corrected chi connectivity index (χ0v) is 12.9. The number of hydrogen-bond acceptors (Lipinski definition) is 5. The average molecular weight is 287 g/mol. The molecule has 2 aromatic rings. The molecule has 2 aromatic heterocycles. The maximum Gasteiger partial charge on any atom is 0.223 e. The van der Waals surface area contributed by atoms with Gasteiger partial charge in [0.1, 0.15) is 0 Å². The van der Waals surface area contributed by atoms with Crippen molar-refractivity contribution >= 4 is 11.7 Å². The van der Waals surface area contributed by atoms with Gasteiger partial charge in [-0.15, -0.1) is 0 Å². The van der Waals surface area contributed by atoms with Crippen LogP contribution in [0, 0.1) is 12.8 Å². The molecule has 0 saturated carbocycles. The molecule has 112 valence electrons. The van der Waals surface area contributed by atoms with Gasteiger partial charge in [0.2, 0.25) is 5.95 Å². The number of rotatable bonds is 6. The number of nitrogens with one attached hydrogen (secondary N) is 1. The van der Waals surface area contributed by atoms with E-state index in [1.807, 2.05) is 19.4 Å². The number of hydrogen-bond donors (Lipinski definition) is 1. The van der Waals surface area contributed by atoms with Crippen molar-refractivity contribution in [2.45, 2.75) is 40.8 Å². The molecule has 0 amide bonds. The number of aromatic nitrogens is 4. The smallest absolute Gasteiger partial charge is 0.223 e. The minimum absolute atomic E-state index is 0.0194. The van der Waals surface area contributed by atoms with E-state index < -0.39 is 0 Å². The van der Waals surface area contributed by atoms with Gasteiger partial charge in [0.05, 0.1) is 29.8 Å². The van der Waals surface area contributed by atoms with Crippen LogP contribution >= 0.6 is 0 Å². The van der Waals surface area contributed by atoms with Crippen LogP contribution in [0.15, 0.2) is 18.7 Å². The minimum atomic E-state index is -0.0194. The molecule has 0 saturated heterocycles. The van der Waals surface area contributed by atoms with Gasteiger partial charge in [0.25, 0.3) is 0 Å². The van der Waals surface area contributed by atoms with Gasteiger partial charge in [-0.2, -0.15) is 0 Å². The molecule has 21 heavy (non-hydrogen) atoms. The highest BCUT2D eigenvalue weighted by molar-refractivity contribution is 5.94. The Balaban J connectivity index is 2.05. The van der Waals surface area contributed by atoms with Crippen LogP contribution < -0.4 is 5.32 Å². The van der Waals surface area contributed by atoms with Gasteiger partial charge in [-0.05, 0) is 19.8 Å². The number of carbonyl (C=O) groups is 1. The summed E-state index contributed by atoms with van der Waals surface area (Å²) < 4.78 is 2.12. The molecule has 0 aliphatic heterocycles. The van der Waals surface area contributed by atoms with E-state index in [4.69, 9.17) is 0 Å². The third-order valence-corrected chi connectivity index (χ3v) is 3.15. The number of aryl methyl sites for hydroxylation is 1. The first-order valence-corrected chi connectivity index (χ1v) is 7.04. The summed E-state index contributed by atoms with van der Waals surface area (Å²) in [6.45, 7) is 9.20. The predicted molar refractivity (Wildman–Crippen MR) is 81.2 cm³/mol. The van der Waals surface area contributed by atoms with Crippen molar-refractivity contribution in [1.82, 2.24) is 19.5 Å². The van der Waals surface area contributed by atoms with Crippen LogP contribution in [0.25, 0.3) is 0 Å². The minimum Gasteiger partial charge on any atom is -0.349 e. The van der Waals surface area contributed by atoms with Crippen molar-refractivity contribution in [3.05, 3.63) is 35.7 Å². The topological polar surface area (TPSA) is 72.7 Å². The Morgan fingerprint density at radius 1 is 1.38 bits per heavy atom. The summed E-state index contributed by atoms with van der Waals surface area (Å²) in [4.78, 5) is 24.0. The van der Waals surface area contributed by atoms with E-state index in [0.717, 1.165) is 12.2 Å². The van der Waals surface area contributed by atoms with Gasteiger partial charge in [0.15, 0.2) is 5.78 Å². The van der Waals surface area contributed by atoms with Crippen molar-refractivity contribution in [2.24, 2.45) is 5.92 Å². The summed E-state index contributed by atoms with van der Waals surface area (Å²) in [5.74, 6) is 1.06. The molecular weight excluding hydrogens is 266 g/mol. The lowest BCUT2D eigenvalue weighted by atomic mass is 10.2. The predicted octanol–water partition coefficient (Wildman–Crippen LogP) is 2.45. The summed E-state index contributed by atoms with van der Waals surface area (Å²) in [5.41, 5.74) is 2.33. The van der Waals surface area contributed by atoms with E-state index in [1.165, 1.54) is 6.92 Å². The Labute approximate surface area is 124 Å². The van der Waals surface area contributed by atoms with Crippen LogP contribution in [0.4, 0.5) is 5.95 Å². The van der Waals surface area contributed by atoms with E-state index in [-0.39, 0.29) is 5.78 Å². The molecule has 1 N–H and O–H groups in total. The molecule has 2 heterocycles. The highest BCUT2D eigenvalue weighted by Gasteiger charge is 2.08. The quantitative estimate of drug-likeness (QED) is 0.826. The molecule has 0 aromatic carbocycles. The number of ketones is 1. The Kier molecular flexibility index (Phi) is 4.67. The maximum absolute atomic E-state index is 11.4. The van der Waals surface area contributed by atoms with Crippen LogP contribution in [-0.4, -0.2) is 25.3 Å². The number of nitrogens with zero attached hydrogens (tertiary/aromatic N) is 4. The Hall–Kier alpha value is -2.24. The highest BCUT2D eigenvalue weighted by Crippen LogP contribution is 2.10. The molecule has 0 spiro atoms. The molecule has 0 bridgehead atoms. The Morgan fingerprint density at radius 3 is 2.76 bits per heavy atom. The lowest BCUT2D eigenvalue weighted by Crippen LogP contribution is -2.12. The van der Waals surface area contributed by atoms with E-state index in [2.05, 4.69) is 38.7 Å². The molecule has 0 atom stereocenters. The van der Waals surface area contributed by atoms with Gasteiger partial charge < -0.3 is 9.88 Å². The molecule has 6 heteroatoms. The summed E-state index contributed by atoms with van der Waals surface area (Å²) in [6, 6.07) is 0. The second-order valence-corrected chi connectivity index (χ2v) is 5.53. The van der Waals surface area contributed by atoms with Crippen LogP contribution in [0.2, 0.25) is 0 Å². The number of imidazole rings is 1. The molecule has 0 fully saturated rings. The summed E-state index contributed by atoms with van der Waals surface area (Å²) in [7, 11) is 0. The zero-order valence-electron chi connectivity index (χ0n) is 12.9. The van der Waals surface area contributed by atoms with E-state index in [1.54, 1.807) is 6.20 Å². The largest absolute Gasteiger partial charge is 0.349 e. The maximum atomic E-state index is 11.4. The SMILES string of the molecule is CC(=O)c1cnc(NCc2cncn2CC(C)C)nc1C. The lowest BCUT2D eigenvalue weighted by Gasteiger charge is -2.11. The number of anilines is 1. The first kappa shape index (κ1) is 15.2. The molecule has 0 radical (unpaired) electrons. The van der Waals surface area contributed by atoms with Crippen LogP contribution in [-0.2, 0) is 13.1 Å². The molecule has 2 rings (SSSR count). The second-order valence-electron chi connectivity index (χ2n) is 5.53. The normalized spacial score (nSPS) is 10.9. The van der Waals surface area contributed by atoms with Crippen molar-refractivity contribution in [3.8, 4) is 0 Å². The third kappa shape index (κ3) is 3.87. The fraction of sp³-hybridized carbons (Fsp3) is 0.467. The Bertz CT molecular complexity index is 633. The molecule has 0 aliphatic rings. The first-order valence-electron chi connectivity index (χ1n) is 7.04. The monoisotopic (exact) mass is 287 g/mol. The number of Topliss-reactive ketones (excluding diaryl/α,β-unsaturated/α-hetero) is 1. The highest BCUT2D eigenvalue weighted by atomic mass is 16.1. The fourth-order valence-corrected chi connectivity index (χ4v) is 2.12. The summed E-state index contributed by atoms with van der Waals surface area (Å²) >= 11 is 0. The van der Waals surface area contributed by atoms with Gasteiger partial charge in [-0.25, -0.2) is 15.0 Å². The standard InChI is InChI=1S/C15H21N5O/c1-10(2)8-20-9-16-5-13(20)6-17-15-18-7-14(12(4)21)11(3)19-15/h5,7,9-10H,6,8H2,1-4H3,(H,17,18,19). The van der Waals surface area contributed by atoms with E-state index in [0.29, 0.717) is 29.7 Å². The van der Waals surface area contributed by atoms with Crippen molar-refractivity contribution in [1.29, 1.82) is 0 Å². The second kappa shape index (κ2) is 6.47. The van der Waals surface area contributed by atoms with Gasteiger partial charge in [-0.3, -0.25) is 4.79 Å². The first-order chi connectivity index (χ1) is 9.97. The van der Waals surface area contributed by atoms with E-state index >= 15 is 0 Å². The summed E-state index contributed by atoms with van der Waals surface area (Å²) in [6.07, 6.45) is 5.24. The summed E-state index contributed by atoms with van der Waals surface area (Å²) in [5, 5.41) is 3.17. The molecule has 0 aliphatic carbocycles. The van der Waals surface area contributed by atoms with Crippen LogP contribution in [0.5, 0.6) is 0 Å². The van der Waals surface area contributed by atoms with Gasteiger partial charge in [-0.1, -0.05) is 13.8 Å². The van der Waals surface area contributed by atoms with Crippen molar-refractivity contribution in [2.75, 3.05) is 5.32 Å².